The van der Waals surface area contributed by atoms with Crippen LogP contribution >= 0.6 is 11.8 Å². The fraction of sp³-hybridized carbons (Fsp3) is 0.188. The first-order valence-electron chi connectivity index (χ1n) is 6.10. The SMILES string of the molecule is Cc1ccccc1SCC(N)(C#N)c1ccccc1. The molecule has 0 heterocycles. The van der Waals surface area contributed by atoms with Crippen molar-refractivity contribution in [3.8, 4) is 6.07 Å². The summed E-state index contributed by atoms with van der Waals surface area (Å²) >= 11 is 1.63. The first kappa shape index (κ1) is 13.7. The Balaban J connectivity index is 2.17. The zero-order chi connectivity index (χ0) is 13.7. The van der Waals surface area contributed by atoms with Gasteiger partial charge in [-0.25, -0.2) is 0 Å². The summed E-state index contributed by atoms with van der Waals surface area (Å²) in [4.78, 5) is 1.17. The van der Waals surface area contributed by atoms with Gasteiger partial charge in [0.2, 0.25) is 0 Å². The third-order valence-electron chi connectivity index (χ3n) is 3.04. The number of hydrogen-bond donors (Lipinski definition) is 1. The van der Waals surface area contributed by atoms with Crippen molar-refractivity contribution in [2.45, 2.75) is 17.4 Å². The van der Waals surface area contributed by atoms with Crippen LogP contribution in [0.1, 0.15) is 11.1 Å². The van der Waals surface area contributed by atoms with E-state index in [4.69, 9.17) is 5.73 Å². The number of aryl methyl sites for hydroxylation is 1. The lowest BCUT2D eigenvalue weighted by molar-refractivity contribution is 0.659. The number of hydrogen-bond acceptors (Lipinski definition) is 3. The van der Waals surface area contributed by atoms with E-state index in [2.05, 4.69) is 25.1 Å². The summed E-state index contributed by atoms with van der Waals surface area (Å²) in [7, 11) is 0. The van der Waals surface area contributed by atoms with Gasteiger partial charge in [-0.1, -0.05) is 48.5 Å². The molecule has 2 rings (SSSR count). The summed E-state index contributed by atoms with van der Waals surface area (Å²) in [6.07, 6.45) is 0. The topological polar surface area (TPSA) is 49.8 Å². The van der Waals surface area contributed by atoms with Crippen LogP contribution in [0.4, 0.5) is 0 Å². The lowest BCUT2D eigenvalue weighted by atomic mass is 9.95. The molecule has 0 fully saturated rings. The van der Waals surface area contributed by atoms with Crippen LogP contribution in [-0.2, 0) is 5.54 Å². The van der Waals surface area contributed by atoms with Crippen molar-refractivity contribution in [3.63, 3.8) is 0 Å². The molecule has 2 N–H and O–H groups in total. The van der Waals surface area contributed by atoms with Gasteiger partial charge in [-0.15, -0.1) is 11.8 Å². The van der Waals surface area contributed by atoms with Gasteiger partial charge in [-0.2, -0.15) is 5.26 Å². The highest BCUT2D eigenvalue weighted by Crippen LogP contribution is 2.29. The maximum atomic E-state index is 9.40. The Morgan fingerprint density at radius 3 is 2.37 bits per heavy atom. The molecule has 0 bridgehead atoms. The van der Waals surface area contributed by atoms with Gasteiger partial charge in [-0.05, 0) is 24.1 Å². The molecule has 1 unspecified atom stereocenters. The van der Waals surface area contributed by atoms with Gasteiger partial charge in [0.15, 0.2) is 0 Å². The van der Waals surface area contributed by atoms with Gasteiger partial charge in [0.05, 0.1) is 6.07 Å². The van der Waals surface area contributed by atoms with Crippen LogP contribution in [0.15, 0.2) is 59.5 Å². The van der Waals surface area contributed by atoms with E-state index in [-0.39, 0.29) is 0 Å². The molecule has 0 aliphatic carbocycles. The van der Waals surface area contributed by atoms with E-state index in [0.717, 1.165) is 5.56 Å². The van der Waals surface area contributed by atoms with Crippen LogP contribution in [0.3, 0.4) is 0 Å². The summed E-state index contributed by atoms with van der Waals surface area (Å²) in [5, 5.41) is 9.40. The number of benzene rings is 2. The monoisotopic (exact) mass is 268 g/mol. The van der Waals surface area contributed by atoms with E-state index in [1.54, 1.807) is 11.8 Å². The largest absolute Gasteiger partial charge is 0.309 e. The maximum absolute atomic E-state index is 9.40. The molecule has 3 heteroatoms. The quantitative estimate of drug-likeness (QED) is 0.864. The molecule has 0 aliphatic rings. The lowest BCUT2D eigenvalue weighted by Gasteiger charge is -2.21. The Morgan fingerprint density at radius 2 is 1.74 bits per heavy atom. The minimum Gasteiger partial charge on any atom is -0.309 e. The molecule has 19 heavy (non-hydrogen) atoms. The van der Waals surface area contributed by atoms with Gasteiger partial charge in [0.25, 0.3) is 0 Å². The minimum absolute atomic E-state index is 0.540. The number of nitrogens with zero attached hydrogens (tertiary/aromatic N) is 1. The van der Waals surface area contributed by atoms with Gasteiger partial charge in [-0.3, -0.25) is 0 Å². The molecule has 2 nitrogen and oxygen atoms in total. The standard InChI is InChI=1S/C16H16N2S/c1-13-7-5-6-10-15(13)19-12-16(18,11-17)14-8-3-2-4-9-14/h2-10H,12,18H2,1H3. The van der Waals surface area contributed by atoms with Crippen LogP contribution in [0.25, 0.3) is 0 Å². The second-order valence-electron chi connectivity index (χ2n) is 4.50. The van der Waals surface area contributed by atoms with E-state index in [1.165, 1.54) is 10.5 Å². The molecule has 0 saturated heterocycles. The smallest absolute Gasteiger partial charge is 0.139 e. The normalized spacial score (nSPS) is 13.5. The van der Waals surface area contributed by atoms with Gasteiger partial charge in [0.1, 0.15) is 5.54 Å². The maximum Gasteiger partial charge on any atom is 0.139 e. The zero-order valence-corrected chi connectivity index (χ0v) is 11.7. The highest BCUT2D eigenvalue weighted by molar-refractivity contribution is 7.99. The minimum atomic E-state index is -0.950. The Labute approximate surface area is 118 Å². The van der Waals surface area contributed by atoms with Crippen LogP contribution in [0, 0.1) is 18.3 Å². The zero-order valence-electron chi connectivity index (χ0n) is 10.8. The summed E-state index contributed by atoms with van der Waals surface area (Å²) in [6, 6.07) is 19.9. The van der Waals surface area contributed by atoms with Gasteiger partial charge in [0, 0.05) is 10.6 Å². The molecule has 2 aromatic carbocycles. The second-order valence-corrected chi connectivity index (χ2v) is 5.52. The summed E-state index contributed by atoms with van der Waals surface area (Å²) < 4.78 is 0. The first-order valence-corrected chi connectivity index (χ1v) is 7.08. The van der Waals surface area contributed by atoms with Gasteiger partial charge >= 0.3 is 0 Å². The number of thioether (sulfide) groups is 1. The second kappa shape index (κ2) is 5.92. The molecule has 0 radical (unpaired) electrons. The lowest BCUT2D eigenvalue weighted by Crippen LogP contribution is -2.37. The molecule has 0 saturated carbocycles. The average molecular weight is 268 g/mol. The highest BCUT2D eigenvalue weighted by Gasteiger charge is 2.27. The highest BCUT2D eigenvalue weighted by atomic mass is 32.2. The van der Waals surface area contributed by atoms with E-state index in [0.29, 0.717) is 5.75 Å². The van der Waals surface area contributed by atoms with E-state index >= 15 is 0 Å². The fourth-order valence-corrected chi connectivity index (χ4v) is 2.91. The van der Waals surface area contributed by atoms with Crippen molar-refractivity contribution in [1.29, 1.82) is 5.26 Å². The molecule has 2 aromatic rings. The molecular formula is C16H16N2S. The summed E-state index contributed by atoms with van der Waals surface area (Å²) in [5.74, 6) is 0.540. The number of nitriles is 1. The van der Waals surface area contributed by atoms with Crippen molar-refractivity contribution in [1.82, 2.24) is 0 Å². The predicted molar refractivity (Wildman–Crippen MR) is 79.8 cm³/mol. The van der Waals surface area contributed by atoms with Crippen LogP contribution in [-0.4, -0.2) is 5.75 Å². The average Bonchev–Trinajstić information content (AvgIpc) is 2.47. The van der Waals surface area contributed by atoms with Crippen molar-refractivity contribution in [2.75, 3.05) is 5.75 Å². The Hall–Kier alpha value is -1.76. The molecule has 0 aliphatic heterocycles. The molecule has 0 amide bonds. The molecule has 1 atom stereocenters. The molecule has 96 valence electrons. The van der Waals surface area contributed by atoms with Crippen molar-refractivity contribution in [3.05, 3.63) is 65.7 Å². The van der Waals surface area contributed by atoms with E-state index in [9.17, 15) is 5.26 Å². The van der Waals surface area contributed by atoms with Crippen LogP contribution in [0.2, 0.25) is 0 Å². The predicted octanol–water partition coefficient (Wildman–Crippen LogP) is 3.46. The summed E-state index contributed by atoms with van der Waals surface area (Å²) in [6.45, 7) is 2.06. The summed E-state index contributed by atoms with van der Waals surface area (Å²) in [5.41, 5.74) is 7.35. The first-order chi connectivity index (χ1) is 9.15. The molecule has 0 spiro atoms. The van der Waals surface area contributed by atoms with Crippen molar-refractivity contribution in [2.24, 2.45) is 5.73 Å². The van der Waals surface area contributed by atoms with Crippen LogP contribution in [0.5, 0.6) is 0 Å². The van der Waals surface area contributed by atoms with Crippen molar-refractivity contribution < 1.29 is 0 Å². The Morgan fingerprint density at radius 1 is 1.11 bits per heavy atom. The number of nitrogens with two attached hydrogens (primary N) is 1. The Bertz CT molecular complexity index is 589. The fourth-order valence-electron chi connectivity index (χ4n) is 1.83. The third-order valence-corrected chi connectivity index (χ3v) is 4.41. The number of rotatable bonds is 4. The third kappa shape index (κ3) is 3.17. The van der Waals surface area contributed by atoms with E-state index < -0.39 is 5.54 Å². The van der Waals surface area contributed by atoms with E-state index in [1.807, 2.05) is 42.5 Å². The Kier molecular flexibility index (Phi) is 4.26. The molecule has 0 aromatic heterocycles. The van der Waals surface area contributed by atoms with Crippen molar-refractivity contribution >= 4 is 11.8 Å². The molecular weight excluding hydrogens is 252 g/mol. The van der Waals surface area contributed by atoms with Gasteiger partial charge < -0.3 is 5.73 Å². The van der Waals surface area contributed by atoms with Crippen LogP contribution < -0.4 is 5.73 Å².